The summed E-state index contributed by atoms with van der Waals surface area (Å²) in [6.45, 7) is 0.0497. The smallest absolute Gasteiger partial charge is 0.313 e. The molecule has 1 aliphatic rings. The fourth-order valence-electron chi connectivity index (χ4n) is 2.39. The topological polar surface area (TPSA) is 72.6 Å². The van der Waals surface area contributed by atoms with Crippen molar-refractivity contribution in [3.05, 3.63) is 31.7 Å². The number of nitrogens with zero attached hydrogens (tertiary/aromatic N) is 1. The summed E-state index contributed by atoms with van der Waals surface area (Å²) in [5.74, 6) is 0.110. The molecule has 0 saturated heterocycles. The van der Waals surface area contributed by atoms with Crippen LogP contribution in [0.5, 0.6) is 5.75 Å². The zero-order valence-corrected chi connectivity index (χ0v) is 13.1. The van der Waals surface area contributed by atoms with Crippen molar-refractivity contribution in [3.63, 3.8) is 0 Å². The molecular weight excluding hydrogens is 350 g/mol. The second-order valence-corrected chi connectivity index (χ2v) is 6.36. The van der Waals surface area contributed by atoms with Gasteiger partial charge in [-0.05, 0) is 34.8 Å². The van der Waals surface area contributed by atoms with Crippen LogP contribution in [0, 0.1) is 10.1 Å². The molecule has 0 unspecified atom stereocenters. The van der Waals surface area contributed by atoms with E-state index in [1.807, 2.05) is 0 Å². The lowest BCUT2D eigenvalue weighted by Crippen LogP contribution is -2.38. The van der Waals surface area contributed by atoms with Gasteiger partial charge in [-0.3, -0.25) is 10.1 Å². The Labute approximate surface area is 130 Å². The molecule has 0 spiro atoms. The molecule has 1 aliphatic carbocycles. The van der Waals surface area contributed by atoms with Crippen LogP contribution < -0.4 is 4.74 Å². The summed E-state index contributed by atoms with van der Waals surface area (Å²) < 4.78 is 5.94. The normalized spacial score (nSPS) is 17.8. The first-order valence-corrected chi connectivity index (χ1v) is 7.57. The third-order valence-corrected chi connectivity index (χ3v) is 4.26. The van der Waals surface area contributed by atoms with E-state index in [1.54, 1.807) is 0 Å². The number of benzene rings is 1. The Morgan fingerprint density at radius 3 is 2.65 bits per heavy atom. The van der Waals surface area contributed by atoms with Crippen LogP contribution in [0.15, 0.2) is 16.6 Å². The summed E-state index contributed by atoms with van der Waals surface area (Å²) in [7, 11) is 0. The van der Waals surface area contributed by atoms with Crippen LogP contribution in [0.2, 0.25) is 5.02 Å². The molecule has 20 heavy (non-hydrogen) atoms. The number of rotatable bonds is 4. The van der Waals surface area contributed by atoms with Crippen molar-refractivity contribution in [2.24, 2.45) is 0 Å². The second kappa shape index (κ2) is 6.28. The molecule has 0 amide bonds. The van der Waals surface area contributed by atoms with Crippen LogP contribution in [0.4, 0.5) is 5.69 Å². The third-order valence-electron chi connectivity index (χ3n) is 3.45. The molecule has 110 valence electrons. The van der Waals surface area contributed by atoms with Crippen molar-refractivity contribution in [1.82, 2.24) is 0 Å². The van der Waals surface area contributed by atoms with Gasteiger partial charge in [0.05, 0.1) is 15.0 Å². The van der Waals surface area contributed by atoms with Gasteiger partial charge in [0.15, 0.2) is 0 Å². The van der Waals surface area contributed by atoms with Gasteiger partial charge in [-0.15, -0.1) is 0 Å². The predicted octanol–water partition coefficient (Wildman–Crippen LogP) is 4.08. The molecule has 0 radical (unpaired) electrons. The van der Waals surface area contributed by atoms with Crippen molar-refractivity contribution in [1.29, 1.82) is 0 Å². The van der Waals surface area contributed by atoms with Gasteiger partial charge >= 0.3 is 5.69 Å². The highest BCUT2D eigenvalue weighted by Gasteiger charge is 2.31. The maximum absolute atomic E-state index is 11.0. The van der Waals surface area contributed by atoms with Crippen molar-refractivity contribution in [3.8, 4) is 5.75 Å². The van der Waals surface area contributed by atoms with Gasteiger partial charge in [0.1, 0.15) is 6.61 Å². The summed E-state index contributed by atoms with van der Waals surface area (Å²) in [6.07, 6.45) is 4.32. The maximum Gasteiger partial charge on any atom is 0.313 e. The molecular formula is C13H15BrClNO4. The van der Waals surface area contributed by atoms with Crippen LogP contribution in [0.1, 0.15) is 32.1 Å². The fraction of sp³-hybridized carbons (Fsp3) is 0.538. The molecule has 1 aromatic rings. The molecule has 1 N–H and O–H groups in total. The molecule has 0 aromatic heterocycles. The maximum atomic E-state index is 11.0. The molecule has 0 heterocycles. The highest BCUT2D eigenvalue weighted by molar-refractivity contribution is 9.10. The Morgan fingerprint density at radius 2 is 2.05 bits per heavy atom. The van der Waals surface area contributed by atoms with Gasteiger partial charge in [-0.1, -0.05) is 30.9 Å². The predicted molar refractivity (Wildman–Crippen MR) is 79.3 cm³/mol. The Morgan fingerprint density at radius 1 is 1.40 bits per heavy atom. The number of halogens is 2. The second-order valence-electron chi connectivity index (χ2n) is 5.07. The van der Waals surface area contributed by atoms with Crippen LogP contribution in [0.25, 0.3) is 0 Å². The van der Waals surface area contributed by atoms with Crippen LogP contribution in [0.3, 0.4) is 0 Å². The Kier molecular flexibility index (Phi) is 4.88. The average molecular weight is 365 g/mol. The number of nitro benzene ring substituents is 1. The van der Waals surface area contributed by atoms with E-state index in [-0.39, 0.29) is 23.1 Å². The SMILES string of the molecule is O=[N+]([O-])c1cc(Cl)cc(Br)c1OCC1(O)CCCCC1. The average Bonchev–Trinajstić information content (AvgIpc) is 2.37. The highest BCUT2D eigenvalue weighted by Crippen LogP contribution is 2.39. The van der Waals surface area contributed by atoms with E-state index in [0.717, 1.165) is 19.3 Å². The van der Waals surface area contributed by atoms with E-state index in [1.165, 1.54) is 12.1 Å². The van der Waals surface area contributed by atoms with E-state index in [2.05, 4.69) is 15.9 Å². The first-order chi connectivity index (χ1) is 9.41. The van der Waals surface area contributed by atoms with Crippen molar-refractivity contribution >= 4 is 33.2 Å². The van der Waals surface area contributed by atoms with E-state index in [9.17, 15) is 15.2 Å². The van der Waals surface area contributed by atoms with Crippen molar-refractivity contribution < 1.29 is 14.8 Å². The lowest BCUT2D eigenvalue weighted by Gasteiger charge is -2.31. The van der Waals surface area contributed by atoms with Crippen LogP contribution >= 0.6 is 27.5 Å². The molecule has 1 aromatic carbocycles. The largest absolute Gasteiger partial charge is 0.483 e. The Balaban J connectivity index is 2.18. The third kappa shape index (κ3) is 3.62. The molecule has 0 atom stereocenters. The van der Waals surface area contributed by atoms with Crippen molar-refractivity contribution in [2.45, 2.75) is 37.7 Å². The van der Waals surface area contributed by atoms with E-state index in [0.29, 0.717) is 17.3 Å². The Hall–Kier alpha value is -0.850. The zero-order valence-electron chi connectivity index (χ0n) is 10.8. The summed E-state index contributed by atoms with van der Waals surface area (Å²) in [6, 6.07) is 2.78. The summed E-state index contributed by atoms with van der Waals surface area (Å²) in [4.78, 5) is 10.5. The van der Waals surface area contributed by atoms with Crippen LogP contribution in [-0.2, 0) is 0 Å². The fourth-order valence-corrected chi connectivity index (χ4v) is 3.29. The lowest BCUT2D eigenvalue weighted by atomic mass is 9.85. The highest BCUT2D eigenvalue weighted by atomic mass is 79.9. The number of ether oxygens (including phenoxy) is 1. The minimum atomic E-state index is -0.898. The first kappa shape index (κ1) is 15.5. The molecule has 2 rings (SSSR count). The summed E-state index contributed by atoms with van der Waals surface area (Å²) in [5.41, 5.74) is -1.10. The molecule has 0 aliphatic heterocycles. The number of hydrogen-bond donors (Lipinski definition) is 1. The number of nitro groups is 1. The van der Waals surface area contributed by atoms with Crippen LogP contribution in [-0.4, -0.2) is 22.2 Å². The minimum Gasteiger partial charge on any atom is -0.483 e. The molecule has 5 nitrogen and oxygen atoms in total. The van der Waals surface area contributed by atoms with Gasteiger partial charge < -0.3 is 9.84 Å². The monoisotopic (exact) mass is 363 g/mol. The van der Waals surface area contributed by atoms with Gasteiger partial charge in [0.25, 0.3) is 0 Å². The van der Waals surface area contributed by atoms with Gasteiger partial charge in [-0.2, -0.15) is 0 Å². The molecule has 1 saturated carbocycles. The van der Waals surface area contributed by atoms with E-state index >= 15 is 0 Å². The Bertz CT molecular complexity index is 517. The quantitative estimate of drug-likeness (QED) is 0.645. The summed E-state index contributed by atoms with van der Waals surface area (Å²) in [5, 5.41) is 21.7. The van der Waals surface area contributed by atoms with E-state index in [4.69, 9.17) is 16.3 Å². The van der Waals surface area contributed by atoms with Crippen molar-refractivity contribution in [2.75, 3.05) is 6.61 Å². The van der Waals surface area contributed by atoms with E-state index < -0.39 is 10.5 Å². The molecule has 7 heteroatoms. The lowest BCUT2D eigenvalue weighted by molar-refractivity contribution is -0.386. The number of hydrogen-bond acceptors (Lipinski definition) is 4. The van der Waals surface area contributed by atoms with Gasteiger partial charge in [0.2, 0.25) is 5.75 Å². The first-order valence-electron chi connectivity index (χ1n) is 6.40. The molecule has 1 fully saturated rings. The number of aliphatic hydroxyl groups is 1. The van der Waals surface area contributed by atoms with Gasteiger partial charge in [-0.25, -0.2) is 0 Å². The molecule has 0 bridgehead atoms. The van der Waals surface area contributed by atoms with Gasteiger partial charge in [0, 0.05) is 11.1 Å². The minimum absolute atomic E-state index is 0.0497. The summed E-state index contributed by atoms with van der Waals surface area (Å²) >= 11 is 9.02. The standard InChI is InChI=1S/C13H15BrClNO4/c14-10-6-9(15)7-11(16(18)19)12(10)20-8-13(17)4-2-1-3-5-13/h6-7,17H,1-5,8H2. The zero-order chi connectivity index (χ0) is 14.8.